The van der Waals surface area contributed by atoms with E-state index in [-0.39, 0.29) is 6.61 Å². The van der Waals surface area contributed by atoms with Gasteiger partial charge in [0, 0.05) is 18.0 Å². The van der Waals surface area contributed by atoms with Gasteiger partial charge in [0.15, 0.2) is 0 Å². The molecule has 114 valence electrons. The maximum Gasteiger partial charge on any atom is 0.250 e. The highest BCUT2D eigenvalue weighted by Crippen LogP contribution is 2.26. The summed E-state index contributed by atoms with van der Waals surface area (Å²) in [7, 11) is -3.44. The van der Waals surface area contributed by atoms with E-state index in [0.29, 0.717) is 21.5 Å². The van der Waals surface area contributed by atoms with Crippen LogP contribution in [-0.4, -0.2) is 44.6 Å². The molecule has 5 nitrogen and oxygen atoms in total. The molecule has 0 aliphatic carbocycles. The van der Waals surface area contributed by atoms with Crippen molar-refractivity contribution in [3.8, 4) is 0 Å². The maximum atomic E-state index is 12.2. The van der Waals surface area contributed by atoms with E-state index in [1.807, 2.05) is 6.92 Å². The van der Waals surface area contributed by atoms with Crippen LogP contribution in [0.5, 0.6) is 0 Å². The fourth-order valence-electron chi connectivity index (χ4n) is 2.44. The van der Waals surface area contributed by atoms with Gasteiger partial charge in [0.2, 0.25) is 10.0 Å². The number of thiophene rings is 1. The highest BCUT2D eigenvalue weighted by Gasteiger charge is 2.24. The molecule has 2 rings (SSSR count). The van der Waals surface area contributed by atoms with Crippen LogP contribution in [0, 0.1) is 12.8 Å². The number of nitrogens with one attached hydrogen (secondary N) is 1. The number of hydrogen-bond donors (Lipinski definition) is 2. The van der Waals surface area contributed by atoms with Crippen molar-refractivity contribution in [2.45, 2.75) is 31.1 Å². The molecule has 1 aliphatic rings. The van der Waals surface area contributed by atoms with Crippen molar-refractivity contribution in [3.63, 3.8) is 0 Å². The number of rotatable bonds is 6. The van der Waals surface area contributed by atoms with Crippen LogP contribution in [0.1, 0.15) is 23.8 Å². The van der Waals surface area contributed by atoms with Crippen LogP contribution in [0.3, 0.4) is 0 Å². The largest absolute Gasteiger partial charge is 0.391 e. The molecule has 1 saturated heterocycles. The Bertz CT molecular complexity index is 554. The van der Waals surface area contributed by atoms with E-state index in [2.05, 4.69) is 16.5 Å². The van der Waals surface area contributed by atoms with E-state index >= 15 is 0 Å². The zero-order valence-corrected chi connectivity index (χ0v) is 13.6. The van der Waals surface area contributed by atoms with Gasteiger partial charge in [-0.2, -0.15) is 0 Å². The van der Waals surface area contributed by atoms with Gasteiger partial charge in [0.25, 0.3) is 0 Å². The second kappa shape index (κ2) is 6.53. The van der Waals surface area contributed by atoms with Crippen LogP contribution in [-0.2, 0) is 16.6 Å². The second-order valence-electron chi connectivity index (χ2n) is 5.23. The van der Waals surface area contributed by atoms with E-state index in [4.69, 9.17) is 5.11 Å². The van der Waals surface area contributed by atoms with E-state index in [1.165, 1.54) is 0 Å². The first kappa shape index (κ1) is 15.9. The van der Waals surface area contributed by atoms with Crippen molar-refractivity contribution in [1.29, 1.82) is 0 Å². The molecule has 2 heterocycles. The molecule has 1 fully saturated rings. The monoisotopic (exact) mass is 318 g/mol. The lowest BCUT2D eigenvalue weighted by Gasteiger charge is -2.13. The summed E-state index contributed by atoms with van der Waals surface area (Å²) < 4.78 is 27.4. The van der Waals surface area contributed by atoms with Crippen molar-refractivity contribution in [1.82, 2.24) is 9.62 Å². The summed E-state index contributed by atoms with van der Waals surface area (Å²) in [5.41, 5.74) is 0.830. The summed E-state index contributed by atoms with van der Waals surface area (Å²) in [4.78, 5) is 3.04. The summed E-state index contributed by atoms with van der Waals surface area (Å²) in [5, 5.41) is 9.15. The number of nitrogens with zero attached hydrogens (tertiary/aromatic N) is 1. The Morgan fingerprint density at radius 2 is 2.30 bits per heavy atom. The Labute approximate surface area is 124 Å². The zero-order chi connectivity index (χ0) is 14.8. The fourth-order valence-corrected chi connectivity index (χ4v) is 5.05. The third-order valence-electron chi connectivity index (χ3n) is 3.79. The summed E-state index contributed by atoms with van der Waals surface area (Å²) in [6.07, 6.45) is 1.04. The standard InChI is InChI=1S/C13H22N2O3S2/c1-3-15-5-4-11(8-15)7-14-20(17,18)13-6-10(2)12(9-16)19-13/h6,11,14,16H,3-5,7-9H2,1-2H3. The van der Waals surface area contributed by atoms with Gasteiger partial charge in [0.05, 0.1) is 6.61 Å². The van der Waals surface area contributed by atoms with E-state index in [0.717, 1.165) is 43.0 Å². The van der Waals surface area contributed by atoms with Crippen LogP contribution in [0.15, 0.2) is 10.3 Å². The normalized spacial score (nSPS) is 20.6. The summed E-state index contributed by atoms with van der Waals surface area (Å²) in [6.45, 7) is 7.35. The van der Waals surface area contributed by atoms with Gasteiger partial charge in [0.1, 0.15) is 4.21 Å². The first-order valence-electron chi connectivity index (χ1n) is 6.88. The molecule has 1 aliphatic heterocycles. The van der Waals surface area contributed by atoms with Gasteiger partial charge in [-0.25, -0.2) is 13.1 Å². The van der Waals surface area contributed by atoms with Gasteiger partial charge in [-0.05, 0) is 44.0 Å². The van der Waals surface area contributed by atoms with Gasteiger partial charge in [-0.15, -0.1) is 11.3 Å². The zero-order valence-electron chi connectivity index (χ0n) is 11.9. The first-order chi connectivity index (χ1) is 9.46. The topological polar surface area (TPSA) is 69.6 Å². The van der Waals surface area contributed by atoms with Gasteiger partial charge in [-0.3, -0.25) is 0 Å². The average Bonchev–Trinajstić information content (AvgIpc) is 3.02. The van der Waals surface area contributed by atoms with Crippen molar-refractivity contribution in [3.05, 3.63) is 16.5 Å². The van der Waals surface area contributed by atoms with Gasteiger partial charge in [-0.1, -0.05) is 6.92 Å². The molecule has 0 amide bonds. The highest BCUT2D eigenvalue weighted by atomic mass is 32.2. The lowest BCUT2D eigenvalue weighted by Crippen LogP contribution is -2.30. The molecule has 1 atom stereocenters. The van der Waals surface area contributed by atoms with Gasteiger partial charge >= 0.3 is 0 Å². The number of sulfonamides is 1. The minimum atomic E-state index is -3.44. The van der Waals surface area contributed by atoms with Crippen LogP contribution in [0.2, 0.25) is 0 Å². The molecule has 1 aromatic heterocycles. The molecule has 20 heavy (non-hydrogen) atoms. The Hall–Kier alpha value is -0.470. The Balaban J connectivity index is 1.97. The van der Waals surface area contributed by atoms with E-state index < -0.39 is 10.0 Å². The lowest BCUT2D eigenvalue weighted by atomic mass is 10.1. The maximum absolute atomic E-state index is 12.2. The predicted octanol–water partition coefficient (Wildman–Crippen LogP) is 1.17. The number of aryl methyl sites for hydroxylation is 1. The number of aliphatic hydroxyl groups is 1. The van der Waals surface area contributed by atoms with Crippen LogP contribution in [0.4, 0.5) is 0 Å². The minimum absolute atomic E-state index is 0.111. The van der Waals surface area contributed by atoms with E-state index in [1.54, 1.807) is 6.07 Å². The highest BCUT2D eigenvalue weighted by molar-refractivity contribution is 7.91. The Kier molecular flexibility index (Phi) is 5.19. The summed E-state index contributed by atoms with van der Waals surface area (Å²) in [6, 6.07) is 1.63. The molecule has 1 aromatic rings. The molecule has 0 spiro atoms. The molecule has 0 aromatic carbocycles. The number of likely N-dealkylation sites (tertiary alicyclic amines) is 1. The number of hydrogen-bond acceptors (Lipinski definition) is 5. The number of aliphatic hydroxyl groups excluding tert-OH is 1. The smallest absolute Gasteiger partial charge is 0.250 e. The molecule has 0 radical (unpaired) electrons. The Morgan fingerprint density at radius 3 is 2.85 bits per heavy atom. The third-order valence-corrected chi connectivity index (χ3v) is 6.90. The molecule has 7 heteroatoms. The molecule has 0 saturated carbocycles. The molecule has 0 bridgehead atoms. The van der Waals surface area contributed by atoms with Crippen LogP contribution < -0.4 is 4.72 Å². The quantitative estimate of drug-likeness (QED) is 0.826. The summed E-state index contributed by atoms with van der Waals surface area (Å²) in [5.74, 6) is 0.392. The third kappa shape index (κ3) is 3.59. The lowest BCUT2D eigenvalue weighted by molar-refractivity contribution is 0.285. The predicted molar refractivity (Wildman–Crippen MR) is 80.4 cm³/mol. The first-order valence-corrected chi connectivity index (χ1v) is 9.18. The Morgan fingerprint density at radius 1 is 1.55 bits per heavy atom. The second-order valence-corrected chi connectivity index (χ2v) is 8.36. The fraction of sp³-hybridized carbons (Fsp3) is 0.692. The van der Waals surface area contributed by atoms with Crippen LogP contribution >= 0.6 is 11.3 Å². The van der Waals surface area contributed by atoms with Crippen molar-refractivity contribution < 1.29 is 13.5 Å². The molecule has 2 N–H and O–H groups in total. The van der Waals surface area contributed by atoms with Crippen LogP contribution in [0.25, 0.3) is 0 Å². The summed E-state index contributed by atoms with van der Waals surface area (Å²) >= 11 is 1.14. The van der Waals surface area contributed by atoms with Crippen molar-refractivity contribution in [2.24, 2.45) is 5.92 Å². The average molecular weight is 318 g/mol. The molecular formula is C13H22N2O3S2. The van der Waals surface area contributed by atoms with Crippen molar-refractivity contribution >= 4 is 21.4 Å². The SMILES string of the molecule is CCN1CCC(CNS(=O)(=O)c2cc(C)c(CO)s2)C1. The van der Waals surface area contributed by atoms with Crippen molar-refractivity contribution in [2.75, 3.05) is 26.2 Å². The molecular weight excluding hydrogens is 296 g/mol. The minimum Gasteiger partial charge on any atom is -0.391 e. The molecule has 1 unspecified atom stereocenters. The van der Waals surface area contributed by atoms with E-state index in [9.17, 15) is 8.42 Å². The van der Waals surface area contributed by atoms with Gasteiger partial charge < -0.3 is 10.0 Å².